The van der Waals surface area contributed by atoms with Crippen molar-refractivity contribution in [2.75, 3.05) is 26.4 Å². The Morgan fingerprint density at radius 1 is 0.378 bits per heavy atom. The summed E-state index contributed by atoms with van der Waals surface area (Å²) < 4.78 is 34.4. The molecule has 3 fully saturated rings. The van der Waals surface area contributed by atoms with E-state index in [4.69, 9.17) is 28.4 Å². The van der Waals surface area contributed by atoms with Crippen LogP contribution in [0.25, 0.3) is 0 Å². The highest BCUT2D eigenvalue weighted by Gasteiger charge is 2.53. The number of carbonyl (C=O) groups excluding carboxylic acids is 1. The van der Waals surface area contributed by atoms with E-state index in [1.807, 2.05) is 6.08 Å². The van der Waals surface area contributed by atoms with Crippen LogP contribution < -0.4 is 5.32 Å². The molecule has 0 radical (unpaired) electrons. The molecule has 568 valence electrons. The number of rotatable bonds is 60. The fraction of sp³-hybridized carbons (Fsp3) is 0.810. The molecule has 3 saturated heterocycles. The summed E-state index contributed by atoms with van der Waals surface area (Å²) in [6.45, 7) is 1.62. The van der Waals surface area contributed by atoms with Gasteiger partial charge in [-0.15, -0.1) is 0 Å². The maximum absolute atomic E-state index is 13.5. The maximum Gasteiger partial charge on any atom is 0.220 e. The van der Waals surface area contributed by atoms with Crippen LogP contribution in [0, 0.1) is 0 Å². The number of allylic oxidation sites excluding steroid dienone is 13. The second-order valence-corrected chi connectivity index (χ2v) is 27.4. The van der Waals surface area contributed by atoms with E-state index < -0.39 is 124 Å². The van der Waals surface area contributed by atoms with E-state index in [-0.39, 0.29) is 18.9 Å². The number of hydrogen-bond donors (Lipinski definition) is 12. The summed E-state index contributed by atoms with van der Waals surface area (Å²) in [5.74, 6) is -0.293. The molecule has 1 amide bonds. The molecule has 17 atom stereocenters. The van der Waals surface area contributed by atoms with Crippen molar-refractivity contribution in [2.45, 2.75) is 381 Å². The van der Waals surface area contributed by atoms with Gasteiger partial charge in [0.2, 0.25) is 5.91 Å². The lowest BCUT2D eigenvalue weighted by Crippen LogP contribution is -2.66. The van der Waals surface area contributed by atoms with Crippen molar-refractivity contribution in [3.8, 4) is 0 Å². The quantitative estimate of drug-likeness (QED) is 0.0199. The van der Waals surface area contributed by atoms with E-state index in [9.17, 15) is 61.0 Å². The molecule has 0 aromatic heterocycles. The lowest BCUT2D eigenvalue weighted by molar-refractivity contribution is -0.379. The van der Waals surface area contributed by atoms with Gasteiger partial charge in [-0.05, 0) is 83.5 Å². The third kappa shape index (κ3) is 39.6. The highest BCUT2D eigenvalue weighted by Crippen LogP contribution is 2.33. The Labute approximate surface area is 590 Å². The first-order valence-electron chi connectivity index (χ1n) is 38.8. The summed E-state index contributed by atoms with van der Waals surface area (Å²) in [6.07, 6.45) is 51.4. The molecule has 0 aromatic rings. The molecule has 19 heteroatoms. The van der Waals surface area contributed by atoms with Crippen molar-refractivity contribution in [2.24, 2.45) is 0 Å². The van der Waals surface area contributed by atoms with Crippen LogP contribution in [0.5, 0.6) is 0 Å². The maximum atomic E-state index is 13.5. The smallest absolute Gasteiger partial charge is 0.220 e. The molecule has 0 bridgehead atoms. The molecular formula is C79H139NO18. The second-order valence-electron chi connectivity index (χ2n) is 27.4. The van der Waals surface area contributed by atoms with Gasteiger partial charge in [-0.1, -0.05) is 272 Å². The number of carbonyl (C=O) groups is 1. The number of ether oxygens (including phenoxy) is 6. The van der Waals surface area contributed by atoms with Crippen molar-refractivity contribution >= 4 is 5.91 Å². The lowest BCUT2D eigenvalue weighted by atomic mass is 9.96. The third-order valence-electron chi connectivity index (χ3n) is 18.9. The molecule has 0 saturated carbocycles. The first kappa shape index (κ1) is 89.2. The normalized spacial score (nSPS) is 27.2. The van der Waals surface area contributed by atoms with Crippen LogP contribution >= 0.6 is 0 Å². The van der Waals surface area contributed by atoms with Gasteiger partial charge in [-0.25, -0.2) is 0 Å². The molecule has 0 aromatic carbocycles. The summed E-state index contributed by atoms with van der Waals surface area (Å²) in [4.78, 5) is 13.5. The van der Waals surface area contributed by atoms with Crippen LogP contribution in [0.1, 0.15) is 277 Å². The number of unbranched alkanes of at least 4 members (excludes halogenated alkanes) is 32. The average molecular weight is 1390 g/mol. The zero-order valence-corrected chi connectivity index (χ0v) is 60.5. The van der Waals surface area contributed by atoms with Gasteiger partial charge in [0, 0.05) is 6.42 Å². The zero-order valence-electron chi connectivity index (χ0n) is 60.5. The molecule has 12 N–H and O–H groups in total. The monoisotopic (exact) mass is 1390 g/mol. The zero-order chi connectivity index (χ0) is 71.1. The molecule has 3 aliphatic rings. The van der Waals surface area contributed by atoms with Crippen molar-refractivity contribution < 1.29 is 89.4 Å². The minimum atomic E-state index is -1.99. The third-order valence-corrected chi connectivity index (χ3v) is 18.9. The van der Waals surface area contributed by atoms with Gasteiger partial charge < -0.3 is 89.9 Å². The first-order chi connectivity index (χ1) is 47.8. The number of aliphatic hydroxyl groups excluding tert-OH is 11. The van der Waals surface area contributed by atoms with E-state index in [0.29, 0.717) is 12.8 Å². The molecule has 3 heterocycles. The van der Waals surface area contributed by atoms with Crippen LogP contribution in [-0.2, 0) is 33.2 Å². The Hall–Kier alpha value is -3.03. The predicted molar refractivity (Wildman–Crippen MR) is 388 cm³/mol. The number of hydrogen-bond acceptors (Lipinski definition) is 18. The molecule has 3 rings (SSSR count). The topological polar surface area (TPSA) is 307 Å². The molecule has 17 unspecified atom stereocenters. The van der Waals surface area contributed by atoms with Crippen molar-refractivity contribution in [1.82, 2.24) is 5.32 Å². The number of nitrogens with one attached hydrogen (secondary N) is 1. The first-order valence-corrected chi connectivity index (χ1v) is 38.8. The lowest BCUT2D eigenvalue weighted by Gasteiger charge is -2.48. The van der Waals surface area contributed by atoms with Gasteiger partial charge in [0.05, 0.1) is 38.6 Å². The molecule has 3 aliphatic heterocycles. The summed E-state index contributed by atoms with van der Waals surface area (Å²) in [6, 6.07) is -1.00. The number of aliphatic hydroxyl groups is 11. The second kappa shape index (κ2) is 59.4. The standard InChI is InChI=1S/C79H139NO18/c1-3-5-7-9-11-13-15-17-19-21-23-25-27-29-30-31-33-34-36-38-40-42-44-46-48-50-52-54-56-63(84)62(80-67(85)57-55-53-51-49-47-45-43-41-39-37-35-32-28-26-24-22-20-18-16-14-12-10-8-6-4-2)61-93-77-73(91)70(88)75(65(59-82)95-77)98-79-74(92)71(89)76(66(60-83)96-79)97-78-72(90)69(87)68(86)64(58-81)94-78/h6,8,12,14,18,20,24,26,38,40,46,48,54,56,62-66,68-79,81-84,86-92H,3-5,7,9-11,13,15-17,19,21-23,25,27-37,39,41-45,47,49-53,55,57-61H2,1-2H3,(H,80,85)/b8-6-,14-12-,20-18-,26-24-,40-38+,48-46+,56-54+. The van der Waals surface area contributed by atoms with Crippen LogP contribution in [0.4, 0.5) is 0 Å². The van der Waals surface area contributed by atoms with Crippen molar-refractivity contribution in [1.29, 1.82) is 0 Å². The highest BCUT2D eigenvalue weighted by molar-refractivity contribution is 5.76. The largest absolute Gasteiger partial charge is 0.394 e. The molecule has 0 aliphatic carbocycles. The molecule has 0 spiro atoms. The predicted octanol–water partition coefficient (Wildman–Crippen LogP) is 12.2. The Morgan fingerprint density at radius 3 is 1.14 bits per heavy atom. The van der Waals surface area contributed by atoms with Crippen LogP contribution in [-0.4, -0.2) is 193 Å². The summed E-state index contributed by atoms with van der Waals surface area (Å²) in [5, 5.41) is 121. The van der Waals surface area contributed by atoms with Gasteiger partial charge in [-0.3, -0.25) is 4.79 Å². The molecule has 19 nitrogen and oxygen atoms in total. The summed E-state index contributed by atoms with van der Waals surface area (Å²) in [5.41, 5.74) is 0. The van der Waals surface area contributed by atoms with Gasteiger partial charge in [0.1, 0.15) is 73.2 Å². The summed E-state index contributed by atoms with van der Waals surface area (Å²) in [7, 11) is 0. The van der Waals surface area contributed by atoms with Gasteiger partial charge in [0.15, 0.2) is 18.9 Å². The van der Waals surface area contributed by atoms with Crippen LogP contribution in [0.2, 0.25) is 0 Å². The van der Waals surface area contributed by atoms with Crippen molar-refractivity contribution in [3.05, 3.63) is 85.1 Å². The Morgan fingerprint density at radius 2 is 0.714 bits per heavy atom. The van der Waals surface area contributed by atoms with Gasteiger partial charge in [0.25, 0.3) is 0 Å². The average Bonchev–Trinajstić information content (AvgIpc) is 0.784. The number of amides is 1. The molecule has 98 heavy (non-hydrogen) atoms. The minimum absolute atomic E-state index is 0.225. The fourth-order valence-corrected chi connectivity index (χ4v) is 12.7. The van der Waals surface area contributed by atoms with Crippen LogP contribution in [0.3, 0.4) is 0 Å². The van der Waals surface area contributed by atoms with Crippen LogP contribution in [0.15, 0.2) is 85.1 Å². The van der Waals surface area contributed by atoms with E-state index in [0.717, 1.165) is 83.5 Å². The fourth-order valence-electron chi connectivity index (χ4n) is 12.7. The SMILES string of the molecule is CC/C=C\C/C=C\C/C=C\C/C=C\CCCCCCCCCCCCCCC(=O)NC(COC1OC(CO)C(OC2OC(CO)C(OC3OC(CO)C(O)C(O)C3O)C(O)C2O)C(O)C1O)C(O)/C=C/CC/C=C/CC/C=C/CCCCCCCCCCCCCCCCCCCC. The van der Waals surface area contributed by atoms with E-state index in [1.54, 1.807) is 6.08 Å². The summed E-state index contributed by atoms with van der Waals surface area (Å²) >= 11 is 0. The van der Waals surface area contributed by atoms with Crippen molar-refractivity contribution in [3.63, 3.8) is 0 Å². The Balaban J connectivity index is 1.42. The highest BCUT2D eigenvalue weighted by atomic mass is 16.8. The Bertz CT molecular complexity index is 2100. The van der Waals surface area contributed by atoms with E-state index in [2.05, 4.69) is 92.1 Å². The van der Waals surface area contributed by atoms with E-state index >= 15 is 0 Å². The Kier molecular flexibility index (Phi) is 54.0. The van der Waals surface area contributed by atoms with Gasteiger partial charge >= 0.3 is 0 Å². The molecular weight excluding hydrogens is 1250 g/mol. The van der Waals surface area contributed by atoms with Gasteiger partial charge in [-0.2, -0.15) is 0 Å². The van der Waals surface area contributed by atoms with E-state index in [1.165, 1.54) is 161 Å². The minimum Gasteiger partial charge on any atom is -0.394 e.